The molecule has 0 spiro atoms. The van der Waals surface area contributed by atoms with Gasteiger partial charge in [-0.2, -0.15) is 0 Å². The first-order valence-electron chi connectivity index (χ1n) is 6.00. The van der Waals surface area contributed by atoms with Crippen LogP contribution >= 0.6 is 15.9 Å². The number of nitrogens with zero attached hydrogens (tertiary/aromatic N) is 1. The fourth-order valence-corrected chi connectivity index (χ4v) is 2.57. The number of rotatable bonds is 4. The van der Waals surface area contributed by atoms with Crippen LogP contribution in [0.4, 0.5) is 0 Å². The average Bonchev–Trinajstić information content (AvgIpc) is 2.63. The molecular formula is C14H18BrNO. The van der Waals surface area contributed by atoms with Crippen LogP contribution in [0.1, 0.15) is 32.5 Å². The van der Waals surface area contributed by atoms with Crippen molar-refractivity contribution < 1.29 is 4.74 Å². The molecule has 0 aliphatic heterocycles. The molecule has 17 heavy (non-hydrogen) atoms. The molecule has 0 saturated carbocycles. The van der Waals surface area contributed by atoms with E-state index in [0.717, 1.165) is 11.1 Å². The van der Waals surface area contributed by atoms with E-state index in [0.29, 0.717) is 12.6 Å². The van der Waals surface area contributed by atoms with Crippen molar-refractivity contribution in [2.45, 2.75) is 33.4 Å². The van der Waals surface area contributed by atoms with Gasteiger partial charge < -0.3 is 9.30 Å². The van der Waals surface area contributed by atoms with Crippen LogP contribution < -0.4 is 0 Å². The van der Waals surface area contributed by atoms with Gasteiger partial charge in [0, 0.05) is 33.7 Å². The molecule has 1 heterocycles. The van der Waals surface area contributed by atoms with E-state index < -0.39 is 0 Å². The highest BCUT2D eigenvalue weighted by Crippen LogP contribution is 2.27. The zero-order valence-electron chi connectivity index (χ0n) is 10.5. The van der Waals surface area contributed by atoms with Gasteiger partial charge in [0.15, 0.2) is 0 Å². The largest absolute Gasteiger partial charge is 0.376 e. The highest BCUT2D eigenvalue weighted by Gasteiger charge is 2.11. The zero-order valence-corrected chi connectivity index (χ0v) is 12.1. The Kier molecular flexibility index (Phi) is 3.89. The number of fused-ring (bicyclic) bond motifs is 1. The van der Waals surface area contributed by atoms with Gasteiger partial charge >= 0.3 is 0 Å². The van der Waals surface area contributed by atoms with Gasteiger partial charge in [0.25, 0.3) is 0 Å². The van der Waals surface area contributed by atoms with E-state index in [2.05, 4.69) is 58.6 Å². The van der Waals surface area contributed by atoms with Gasteiger partial charge in [-0.3, -0.25) is 0 Å². The molecule has 1 aromatic heterocycles. The summed E-state index contributed by atoms with van der Waals surface area (Å²) in [7, 11) is 0. The Bertz CT molecular complexity index is 516. The van der Waals surface area contributed by atoms with Gasteiger partial charge in [-0.05, 0) is 45.0 Å². The Morgan fingerprint density at radius 1 is 1.29 bits per heavy atom. The molecule has 0 bridgehead atoms. The van der Waals surface area contributed by atoms with Crippen LogP contribution in [0.5, 0.6) is 0 Å². The van der Waals surface area contributed by atoms with Gasteiger partial charge in [-0.1, -0.05) is 15.9 Å². The van der Waals surface area contributed by atoms with E-state index in [1.807, 2.05) is 6.92 Å². The molecule has 2 aromatic rings. The maximum absolute atomic E-state index is 5.54. The first-order chi connectivity index (χ1) is 8.13. The SMILES string of the molecule is CCOCc1cc2cc(Br)ccc2n1C(C)C. The van der Waals surface area contributed by atoms with Crippen LogP contribution in [0.3, 0.4) is 0 Å². The van der Waals surface area contributed by atoms with Crippen LogP contribution in [0.15, 0.2) is 28.7 Å². The molecule has 0 radical (unpaired) electrons. The van der Waals surface area contributed by atoms with E-state index >= 15 is 0 Å². The van der Waals surface area contributed by atoms with Crippen LogP contribution in [0, 0.1) is 0 Å². The number of halogens is 1. The van der Waals surface area contributed by atoms with Crippen molar-refractivity contribution in [2.24, 2.45) is 0 Å². The highest BCUT2D eigenvalue weighted by atomic mass is 79.9. The van der Waals surface area contributed by atoms with Gasteiger partial charge in [0.1, 0.15) is 0 Å². The van der Waals surface area contributed by atoms with Crippen LogP contribution in [0.2, 0.25) is 0 Å². The summed E-state index contributed by atoms with van der Waals surface area (Å²) >= 11 is 3.52. The summed E-state index contributed by atoms with van der Waals surface area (Å²) in [5, 5.41) is 1.27. The van der Waals surface area contributed by atoms with Crippen molar-refractivity contribution in [3.05, 3.63) is 34.4 Å². The third kappa shape index (κ3) is 2.55. The maximum Gasteiger partial charge on any atom is 0.0868 e. The smallest absolute Gasteiger partial charge is 0.0868 e. The van der Waals surface area contributed by atoms with Gasteiger partial charge in [0.05, 0.1) is 6.61 Å². The number of ether oxygens (including phenoxy) is 1. The Morgan fingerprint density at radius 2 is 2.06 bits per heavy atom. The first kappa shape index (κ1) is 12.7. The van der Waals surface area contributed by atoms with Crippen LogP contribution in [-0.2, 0) is 11.3 Å². The minimum atomic E-state index is 0.448. The monoisotopic (exact) mass is 295 g/mol. The Hall–Kier alpha value is -0.800. The fourth-order valence-electron chi connectivity index (χ4n) is 2.19. The van der Waals surface area contributed by atoms with Crippen LogP contribution in [-0.4, -0.2) is 11.2 Å². The van der Waals surface area contributed by atoms with Crippen LogP contribution in [0.25, 0.3) is 10.9 Å². The Balaban J connectivity index is 2.53. The van der Waals surface area contributed by atoms with E-state index in [-0.39, 0.29) is 0 Å². The molecule has 0 aliphatic rings. The second-order valence-electron chi connectivity index (χ2n) is 4.44. The first-order valence-corrected chi connectivity index (χ1v) is 6.80. The molecule has 0 amide bonds. The van der Waals surface area contributed by atoms with Crippen molar-refractivity contribution >= 4 is 26.8 Å². The third-order valence-corrected chi connectivity index (χ3v) is 3.34. The summed E-state index contributed by atoms with van der Waals surface area (Å²) in [4.78, 5) is 0. The average molecular weight is 296 g/mol. The van der Waals surface area contributed by atoms with Gasteiger partial charge in [-0.25, -0.2) is 0 Å². The molecule has 0 saturated heterocycles. The summed E-state index contributed by atoms with van der Waals surface area (Å²) in [6.07, 6.45) is 0. The Morgan fingerprint density at radius 3 is 2.71 bits per heavy atom. The predicted octanol–water partition coefficient (Wildman–Crippen LogP) is 4.52. The summed E-state index contributed by atoms with van der Waals surface area (Å²) in [6.45, 7) is 7.87. The minimum absolute atomic E-state index is 0.448. The summed E-state index contributed by atoms with van der Waals surface area (Å²) < 4.78 is 9.00. The third-order valence-electron chi connectivity index (χ3n) is 2.85. The lowest BCUT2D eigenvalue weighted by atomic mass is 10.2. The molecule has 1 aromatic carbocycles. The molecule has 3 heteroatoms. The maximum atomic E-state index is 5.54. The normalized spacial score (nSPS) is 11.6. The minimum Gasteiger partial charge on any atom is -0.376 e. The standard InChI is InChI=1S/C14H18BrNO/c1-4-17-9-13-8-11-7-12(15)5-6-14(11)16(13)10(2)3/h5-8,10H,4,9H2,1-3H3. The lowest BCUT2D eigenvalue weighted by Gasteiger charge is -2.14. The van der Waals surface area contributed by atoms with Crippen molar-refractivity contribution in [2.75, 3.05) is 6.61 Å². The molecule has 0 atom stereocenters. The van der Waals surface area contributed by atoms with Gasteiger partial charge in [-0.15, -0.1) is 0 Å². The topological polar surface area (TPSA) is 14.2 Å². The van der Waals surface area contributed by atoms with Gasteiger partial charge in [0.2, 0.25) is 0 Å². The molecular weight excluding hydrogens is 278 g/mol. The predicted molar refractivity (Wildman–Crippen MR) is 75.4 cm³/mol. The van der Waals surface area contributed by atoms with Crippen molar-refractivity contribution in [1.29, 1.82) is 0 Å². The van der Waals surface area contributed by atoms with E-state index in [1.54, 1.807) is 0 Å². The quantitative estimate of drug-likeness (QED) is 0.809. The van der Waals surface area contributed by atoms with E-state index in [9.17, 15) is 0 Å². The number of hydrogen-bond acceptors (Lipinski definition) is 1. The van der Waals surface area contributed by atoms with E-state index in [1.165, 1.54) is 16.6 Å². The summed E-state index contributed by atoms with van der Waals surface area (Å²) in [5.41, 5.74) is 2.52. The molecule has 0 N–H and O–H groups in total. The molecule has 0 aliphatic carbocycles. The zero-order chi connectivity index (χ0) is 12.4. The number of aromatic nitrogens is 1. The second kappa shape index (κ2) is 5.23. The summed E-state index contributed by atoms with van der Waals surface area (Å²) in [6, 6.07) is 9.07. The molecule has 2 rings (SSSR count). The fraction of sp³-hybridized carbons (Fsp3) is 0.429. The van der Waals surface area contributed by atoms with Crippen molar-refractivity contribution in [1.82, 2.24) is 4.57 Å². The molecule has 92 valence electrons. The molecule has 0 unspecified atom stereocenters. The molecule has 2 nitrogen and oxygen atoms in total. The Labute approximate surface area is 111 Å². The second-order valence-corrected chi connectivity index (χ2v) is 5.36. The lowest BCUT2D eigenvalue weighted by molar-refractivity contribution is 0.128. The van der Waals surface area contributed by atoms with Crippen molar-refractivity contribution in [3.63, 3.8) is 0 Å². The van der Waals surface area contributed by atoms with E-state index in [4.69, 9.17) is 4.74 Å². The number of benzene rings is 1. The summed E-state index contributed by atoms with van der Waals surface area (Å²) in [5.74, 6) is 0. The lowest BCUT2D eigenvalue weighted by Crippen LogP contribution is -2.06. The highest BCUT2D eigenvalue weighted by molar-refractivity contribution is 9.10. The number of hydrogen-bond donors (Lipinski definition) is 0. The van der Waals surface area contributed by atoms with Crippen molar-refractivity contribution in [3.8, 4) is 0 Å². The molecule has 0 fully saturated rings.